The number of hydrogen-bond acceptors (Lipinski definition) is 2. The molecule has 0 aliphatic carbocycles. The molecule has 0 bridgehead atoms. The van der Waals surface area contributed by atoms with Gasteiger partial charge < -0.3 is 0 Å². The average molecular weight is 137 g/mol. The standard InChI is InChI=1S/C4H9O.O.Ti/c1-4(2)5-3;;/h4H,1H2,2-3H3;;. The predicted molar refractivity (Wildman–Crippen MR) is 22.0 cm³/mol. The van der Waals surface area contributed by atoms with Gasteiger partial charge in [-0.15, -0.1) is 0 Å². The van der Waals surface area contributed by atoms with Crippen LogP contribution in [0.25, 0.3) is 0 Å². The van der Waals surface area contributed by atoms with E-state index >= 15 is 0 Å². The Bertz CT molecular complexity index is 55.7. The summed E-state index contributed by atoms with van der Waals surface area (Å²) in [6.07, 6.45) is 0.192. The topological polar surface area (TPSA) is 26.3 Å². The van der Waals surface area contributed by atoms with E-state index < -0.39 is 19.1 Å². The summed E-state index contributed by atoms with van der Waals surface area (Å²) in [5.41, 5.74) is 0. The van der Waals surface area contributed by atoms with Crippen LogP contribution in [0.4, 0.5) is 0 Å². The van der Waals surface area contributed by atoms with Gasteiger partial charge in [0.2, 0.25) is 0 Å². The Hall–Kier alpha value is 0.474. The molecule has 0 saturated carbocycles. The van der Waals surface area contributed by atoms with Crippen molar-refractivity contribution in [2.24, 2.45) is 0 Å². The van der Waals surface area contributed by atoms with Crippen LogP contribution in [0.2, 0.25) is 4.73 Å². The summed E-state index contributed by atoms with van der Waals surface area (Å²) in [4.78, 5) is 0. The number of methoxy groups -OCH3 is 1. The molecular formula is C4H9O2Ti. The van der Waals surface area contributed by atoms with Gasteiger partial charge >= 0.3 is 52.0 Å². The van der Waals surface area contributed by atoms with E-state index in [2.05, 4.69) is 0 Å². The Morgan fingerprint density at radius 3 is 2.57 bits per heavy atom. The number of hydrogen-bond donors (Lipinski definition) is 0. The molecule has 0 amide bonds. The molecule has 1 atom stereocenters. The molecule has 0 saturated heterocycles. The molecule has 3 heteroatoms. The SMILES string of the molecule is COC(C)[CH2][Ti]=[O]. The van der Waals surface area contributed by atoms with Gasteiger partial charge in [-0.3, -0.25) is 0 Å². The van der Waals surface area contributed by atoms with Gasteiger partial charge in [-0.2, -0.15) is 0 Å². The fourth-order valence-corrected chi connectivity index (χ4v) is 0.827. The molecule has 0 fully saturated rings. The van der Waals surface area contributed by atoms with Crippen LogP contribution >= 0.6 is 0 Å². The summed E-state index contributed by atoms with van der Waals surface area (Å²) in [6.45, 7) is 1.92. The Morgan fingerprint density at radius 2 is 2.43 bits per heavy atom. The van der Waals surface area contributed by atoms with Crippen molar-refractivity contribution < 1.29 is 27.2 Å². The first-order valence-corrected chi connectivity index (χ1v) is 3.93. The molecule has 0 radical (unpaired) electrons. The Kier molecular flexibility index (Phi) is 4.94. The quantitative estimate of drug-likeness (QED) is 0.539. The van der Waals surface area contributed by atoms with Gasteiger partial charge in [0.25, 0.3) is 0 Å². The van der Waals surface area contributed by atoms with E-state index in [9.17, 15) is 3.32 Å². The second-order valence-electron chi connectivity index (χ2n) is 1.39. The van der Waals surface area contributed by atoms with E-state index in [1.807, 2.05) is 6.92 Å². The molecule has 0 rings (SSSR count). The van der Waals surface area contributed by atoms with Crippen molar-refractivity contribution in [3.8, 4) is 0 Å². The van der Waals surface area contributed by atoms with Crippen LogP contribution in [0, 0.1) is 0 Å². The molecule has 0 aliphatic heterocycles. The van der Waals surface area contributed by atoms with E-state index in [1.165, 1.54) is 0 Å². The summed E-state index contributed by atoms with van der Waals surface area (Å²) in [6, 6.07) is 0. The molecule has 1 unspecified atom stereocenters. The molecule has 0 aromatic heterocycles. The minimum absolute atomic E-state index is 0.192. The molecule has 0 aliphatic rings. The van der Waals surface area contributed by atoms with Gasteiger partial charge in [-0.05, 0) is 0 Å². The van der Waals surface area contributed by atoms with Gasteiger partial charge in [-0.1, -0.05) is 0 Å². The fourth-order valence-electron chi connectivity index (χ4n) is 0.201. The normalized spacial score (nSPS) is 12.9. The third-order valence-electron chi connectivity index (χ3n) is 0.773. The van der Waals surface area contributed by atoms with Crippen molar-refractivity contribution in [1.82, 2.24) is 0 Å². The molecule has 2 nitrogen and oxygen atoms in total. The zero-order valence-corrected chi connectivity index (χ0v) is 6.16. The van der Waals surface area contributed by atoms with E-state index in [0.29, 0.717) is 0 Å². The van der Waals surface area contributed by atoms with E-state index in [0.717, 1.165) is 4.73 Å². The maximum atomic E-state index is 9.94. The van der Waals surface area contributed by atoms with Gasteiger partial charge in [0, 0.05) is 0 Å². The van der Waals surface area contributed by atoms with Crippen molar-refractivity contribution in [2.75, 3.05) is 7.11 Å². The zero-order chi connectivity index (χ0) is 5.70. The summed E-state index contributed by atoms with van der Waals surface area (Å²) in [7, 11) is 1.63. The van der Waals surface area contributed by atoms with Gasteiger partial charge in [0.1, 0.15) is 0 Å². The van der Waals surface area contributed by atoms with Gasteiger partial charge in [-0.25, -0.2) is 0 Å². The van der Waals surface area contributed by atoms with Crippen LogP contribution in [-0.4, -0.2) is 13.2 Å². The van der Waals surface area contributed by atoms with Crippen LogP contribution < -0.4 is 0 Å². The Labute approximate surface area is 52.5 Å². The first-order chi connectivity index (χ1) is 3.31. The third-order valence-corrected chi connectivity index (χ3v) is 1.93. The molecule has 0 heterocycles. The van der Waals surface area contributed by atoms with Gasteiger partial charge in [0.15, 0.2) is 0 Å². The van der Waals surface area contributed by atoms with Crippen molar-refractivity contribution in [3.05, 3.63) is 0 Å². The van der Waals surface area contributed by atoms with Crippen molar-refractivity contribution in [3.63, 3.8) is 0 Å². The summed E-state index contributed by atoms with van der Waals surface area (Å²) in [5, 5.41) is 0. The molecule has 7 heavy (non-hydrogen) atoms. The predicted octanol–water partition coefficient (Wildman–Crippen LogP) is 0.868. The second-order valence-corrected chi connectivity index (χ2v) is 2.48. The molecule has 0 spiro atoms. The fraction of sp³-hybridized carbons (Fsp3) is 1.00. The monoisotopic (exact) mass is 137 g/mol. The van der Waals surface area contributed by atoms with Gasteiger partial charge in [0.05, 0.1) is 0 Å². The molecule has 0 aromatic rings. The zero-order valence-electron chi connectivity index (χ0n) is 4.60. The molecule has 0 aromatic carbocycles. The second kappa shape index (κ2) is 4.63. The first-order valence-electron chi connectivity index (χ1n) is 2.19. The van der Waals surface area contributed by atoms with Crippen LogP contribution in [0.5, 0.6) is 0 Å². The van der Waals surface area contributed by atoms with Crippen LogP contribution in [-0.2, 0) is 27.2 Å². The molecule has 0 N–H and O–H groups in total. The molecular weight excluding hydrogens is 128 g/mol. The average Bonchev–Trinajstić information content (AvgIpc) is 1.68. The van der Waals surface area contributed by atoms with E-state index in [1.54, 1.807) is 7.11 Å². The molecule has 41 valence electrons. The van der Waals surface area contributed by atoms with Crippen molar-refractivity contribution >= 4 is 0 Å². The van der Waals surface area contributed by atoms with Crippen LogP contribution in [0.1, 0.15) is 6.92 Å². The number of ether oxygens (including phenoxy) is 1. The Balaban J connectivity index is 2.98. The van der Waals surface area contributed by atoms with Crippen molar-refractivity contribution in [2.45, 2.75) is 17.8 Å². The summed E-state index contributed by atoms with van der Waals surface area (Å²) < 4.78 is 15.5. The van der Waals surface area contributed by atoms with Crippen LogP contribution in [0.15, 0.2) is 0 Å². The Morgan fingerprint density at radius 1 is 1.86 bits per heavy atom. The minimum atomic E-state index is -0.921. The first kappa shape index (κ1) is 7.47. The van der Waals surface area contributed by atoms with Crippen LogP contribution in [0.3, 0.4) is 0 Å². The van der Waals surface area contributed by atoms with E-state index in [4.69, 9.17) is 4.74 Å². The summed E-state index contributed by atoms with van der Waals surface area (Å²) in [5.74, 6) is 0. The summed E-state index contributed by atoms with van der Waals surface area (Å²) >= 11 is -0.921. The van der Waals surface area contributed by atoms with E-state index in [-0.39, 0.29) is 6.10 Å². The van der Waals surface area contributed by atoms with Crippen molar-refractivity contribution in [1.29, 1.82) is 0 Å². The third kappa shape index (κ3) is 4.32. The maximum absolute atomic E-state index is 9.94. The number of rotatable bonds is 3.